The number of aromatic nitrogens is 5. The second-order valence-corrected chi connectivity index (χ2v) is 4.55. The molecule has 0 aliphatic carbocycles. The van der Waals surface area contributed by atoms with Crippen LogP contribution in [0, 0.1) is 0 Å². The van der Waals surface area contributed by atoms with Crippen molar-refractivity contribution in [2.24, 2.45) is 0 Å². The van der Waals surface area contributed by atoms with Crippen LogP contribution in [0.4, 0.5) is 0 Å². The van der Waals surface area contributed by atoms with Crippen molar-refractivity contribution in [1.82, 2.24) is 25.1 Å². The Hall–Kier alpha value is -1.66. The van der Waals surface area contributed by atoms with E-state index in [2.05, 4.69) is 25.1 Å². The molecule has 5 nitrogen and oxygen atoms in total. The molecule has 0 unspecified atom stereocenters. The minimum atomic E-state index is 0.195. The highest BCUT2D eigenvalue weighted by molar-refractivity contribution is 7.99. The topological polar surface area (TPSA) is 67.3 Å². The van der Waals surface area contributed by atoms with Crippen LogP contribution >= 0.6 is 23.4 Å². The number of hydrogen-bond donors (Lipinski definition) is 1. The van der Waals surface area contributed by atoms with Crippen molar-refractivity contribution in [1.29, 1.82) is 0 Å². The first-order valence-corrected chi connectivity index (χ1v) is 5.98. The maximum atomic E-state index is 5.84. The number of hydrogen-bond acceptors (Lipinski definition) is 5. The van der Waals surface area contributed by atoms with Crippen LogP contribution in [0.25, 0.3) is 11.0 Å². The molecule has 0 spiro atoms. The molecule has 0 saturated heterocycles. The van der Waals surface area contributed by atoms with Crippen LogP contribution < -0.4 is 0 Å². The van der Waals surface area contributed by atoms with E-state index in [1.54, 1.807) is 12.4 Å². The van der Waals surface area contributed by atoms with E-state index in [4.69, 9.17) is 11.6 Å². The zero-order valence-electron chi connectivity index (χ0n) is 8.46. The van der Waals surface area contributed by atoms with Gasteiger partial charge in [0, 0.05) is 6.20 Å². The molecule has 0 saturated carbocycles. The van der Waals surface area contributed by atoms with Crippen molar-refractivity contribution in [3.8, 4) is 0 Å². The molecule has 0 atom stereocenters. The predicted molar refractivity (Wildman–Crippen MR) is 65.1 cm³/mol. The van der Waals surface area contributed by atoms with E-state index >= 15 is 0 Å². The van der Waals surface area contributed by atoms with Crippen LogP contribution in [-0.4, -0.2) is 25.1 Å². The molecule has 3 heterocycles. The van der Waals surface area contributed by atoms with Crippen molar-refractivity contribution in [2.45, 2.75) is 10.1 Å². The van der Waals surface area contributed by atoms with Gasteiger partial charge in [-0.2, -0.15) is 10.1 Å². The second kappa shape index (κ2) is 4.31. The number of aromatic amines is 1. The summed E-state index contributed by atoms with van der Waals surface area (Å²) in [6.45, 7) is 0. The number of fused-ring (bicyclic) bond motifs is 1. The van der Waals surface area contributed by atoms with Gasteiger partial charge in [-0.05, 0) is 35.5 Å². The molecule has 3 aromatic rings. The van der Waals surface area contributed by atoms with Crippen LogP contribution in [-0.2, 0) is 0 Å². The van der Waals surface area contributed by atoms with Gasteiger partial charge in [-0.1, -0.05) is 6.07 Å². The Morgan fingerprint density at radius 3 is 3.00 bits per heavy atom. The van der Waals surface area contributed by atoms with Gasteiger partial charge in [-0.3, -0.25) is 5.10 Å². The number of nitrogens with one attached hydrogen (secondary N) is 1. The van der Waals surface area contributed by atoms with Gasteiger partial charge in [-0.25, -0.2) is 9.97 Å². The lowest BCUT2D eigenvalue weighted by molar-refractivity contribution is 1.06. The standard InChI is InChI=1S/C10H6ClN5S/c11-10-14-8-6(5-13-16-8)9(15-10)17-7-3-1-2-4-12-7/h1-5H,(H,13,14,15,16). The monoisotopic (exact) mass is 263 g/mol. The maximum Gasteiger partial charge on any atom is 0.225 e. The molecule has 17 heavy (non-hydrogen) atoms. The van der Waals surface area contributed by atoms with Crippen LogP contribution in [0.1, 0.15) is 0 Å². The van der Waals surface area contributed by atoms with E-state index in [0.29, 0.717) is 5.65 Å². The maximum absolute atomic E-state index is 5.84. The van der Waals surface area contributed by atoms with E-state index in [-0.39, 0.29) is 5.28 Å². The van der Waals surface area contributed by atoms with Crippen molar-refractivity contribution in [2.75, 3.05) is 0 Å². The van der Waals surface area contributed by atoms with Gasteiger partial charge >= 0.3 is 0 Å². The minimum Gasteiger partial charge on any atom is -0.261 e. The average Bonchev–Trinajstić information content (AvgIpc) is 2.78. The van der Waals surface area contributed by atoms with Gasteiger partial charge in [0.1, 0.15) is 10.1 Å². The molecule has 0 fully saturated rings. The summed E-state index contributed by atoms with van der Waals surface area (Å²) in [5, 5.41) is 9.32. The summed E-state index contributed by atoms with van der Waals surface area (Å²) in [6, 6.07) is 5.70. The van der Waals surface area contributed by atoms with E-state index in [1.807, 2.05) is 18.2 Å². The Morgan fingerprint density at radius 2 is 2.18 bits per heavy atom. The molecule has 3 rings (SSSR count). The SMILES string of the molecule is Clc1nc(Sc2ccccn2)c2cn[nH]c2n1. The molecular formula is C10H6ClN5S. The first-order chi connectivity index (χ1) is 8.33. The van der Waals surface area contributed by atoms with Gasteiger partial charge < -0.3 is 0 Å². The molecule has 3 aromatic heterocycles. The normalized spacial score (nSPS) is 10.9. The zero-order chi connectivity index (χ0) is 11.7. The Morgan fingerprint density at radius 1 is 1.24 bits per heavy atom. The highest BCUT2D eigenvalue weighted by Gasteiger charge is 2.10. The molecule has 0 aliphatic rings. The first kappa shape index (κ1) is 10.5. The number of rotatable bonds is 2. The highest BCUT2D eigenvalue weighted by Crippen LogP contribution is 2.29. The second-order valence-electron chi connectivity index (χ2n) is 3.20. The molecule has 0 amide bonds. The van der Waals surface area contributed by atoms with Crippen molar-refractivity contribution >= 4 is 34.4 Å². The van der Waals surface area contributed by atoms with Gasteiger partial charge in [0.05, 0.1) is 11.6 Å². The zero-order valence-corrected chi connectivity index (χ0v) is 10.0. The summed E-state index contributed by atoms with van der Waals surface area (Å²) in [7, 11) is 0. The summed E-state index contributed by atoms with van der Waals surface area (Å²) in [5.41, 5.74) is 0.628. The Bertz CT molecular complexity index is 654. The summed E-state index contributed by atoms with van der Waals surface area (Å²) >= 11 is 7.27. The molecule has 1 N–H and O–H groups in total. The van der Waals surface area contributed by atoms with Gasteiger partial charge in [0.25, 0.3) is 0 Å². The molecule has 84 valence electrons. The van der Waals surface area contributed by atoms with Crippen LogP contribution in [0.2, 0.25) is 5.28 Å². The fraction of sp³-hybridized carbons (Fsp3) is 0. The van der Waals surface area contributed by atoms with Gasteiger partial charge in [0.2, 0.25) is 5.28 Å². The number of nitrogens with zero attached hydrogens (tertiary/aromatic N) is 4. The van der Waals surface area contributed by atoms with Gasteiger partial charge in [0.15, 0.2) is 5.65 Å². The molecule has 7 heteroatoms. The van der Waals surface area contributed by atoms with E-state index < -0.39 is 0 Å². The van der Waals surface area contributed by atoms with Crippen LogP contribution in [0.5, 0.6) is 0 Å². The van der Waals surface area contributed by atoms with Gasteiger partial charge in [-0.15, -0.1) is 0 Å². The lowest BCUT2D eigenvalue weighted by Gasteiger charge is -2.01. The lowest BCUT2D eigenvalue weighted by Crippen LogP contribution is -1.88. The molecule has 0 bridgehead atoms. The van der Waals surface area contributed by atoms with E-state index in [1.165, 1.54) is 11.8 Å². The largest absolute Gasteiger partial charge is 0.261 e. The first-order valence-electron chi connectivity index (χ1n) is 4.78. The molecular weight excluding hydrogens is 258 g/mol. The van der Waals surface area contributed by atoms with Crippen LogP contribution in [0.15, 0.2) is 40.6 Å². The molecule has 0 aromatic carbocycles. The van der Waals surface area contributed by atoms with Crippen LogP contribution in [0.3, 0.4) is 0 Å². The molecule has 0 aliphatic heterocycles. The third kappa shape index (κ3) is 2.09. The Balaban J connectivity index is 2.08. The van der Waals surface area contributed by atoms with Crippen molar-refractivity contribution < 1.29 is 0 Å². The van der Waals surface area contributed by atoms with E-state index in [9.17, 15) is 0 Å². The third-order valence-corrected chi connectivity index (χ3v) is 3.21. The smallest absolute Gasteiger partial charge is 0.225 e. The number of halogens is 1. The highest BCUT2D eigenvalue weighted by atomic mass is 35.5. The predicted octanol–water partition coefficient (Wildman–Crippen LogP) is 2.55. The Labute approximate surface area is 106 Å². The fourth-order valence-corrected chi connectivity index (χ4v) is 2.44. The Kier molecular flexibility index (Phi) is 2.66. The summed E-state index contributed by atoms with van der Waals surface area (Å²) < 4.78 is 0. The minimum absolute atomic E-state index is 0.195. The summed E-state index contributed by atoms with van der Waals surface area (Å²) in [6.07, 6.45) is 3.41. The lowest BCUT2D eigenvalue weighted by atomic mass is 10.4. The van der Waals surface area contributed by atoms with Crippen molar-refractivity contribution in [3.05, 3.63) is 35.9 Å². The third-order valence-electron chi connectivity index (χ3n) is 2.09. The molecule has 0 radical (unpaired) electrons. The number of H-pyrrole nitrogens is 1. The quantitative estimate of drug-likeness (QED) is 0.568. The average molecular weight is 264 g/mol. The summed E-state index contributed by atoms with van der Waals surface area (Å²) in [5.74, 6) is 0. The fourth-order valence-electron chi connectivity index (χ4n) is 1.37. The number of pyridine rings is 1. The van der Waals surface area contributed by atoms with E-state index in [0.717, 1.165) is 15.4 Å². The summed E-state index contributed by atoms with van der Waals surface area (Å²) in [4.78, 5) is 12.5. The van der Waals surface area contributed by atoms with Crippen molar-refractivity contribution in [3.63, 3.8) is 0 Å².